The molecule has 0 spiro atoms. The van der Waals surface area contributed by atoms with Gasteiger partial charge in [-0.25, -0.2) is 4.79 Å². The molecule has 1 unspecified atom stereocenters. The molecular formula is C25H22O5S. The van der Waals surface area contributed by atoms with Gasteiger partial charge in [-0.15, -0.1) is 11.3 Å². The van der Waals surface area contributed by atoms with E-state index in [-0.39, 0.29) is 23.0 Å². The lowest BCUT2D eigenvalue weighted by atomic mass is 9.97. The molecule has 0 radical (unpaired) electrons. The average molecular weight is 435 g/mol. The molecule has 5 nitrogen and oxygen atoms in total. The number of aliphatic carboxylic acids is 1. The van der Waals surface area contributed by atoms with Crippen LogP contribution >= 0.6 is 11.3 Å². The van der Waals surface area contributed by atoms with Crippen molar-refractivity contribution in [2.75, 3.05) is 0 Å². The van der Waals surface area contributed by atoms with Crippen molar-refractivity contribution < 1.29 is 24.9 Å². The molecule has 0 amide bonds. The largest absolute Gasteiger partial charge is 0.508 e. The zero-order chi connectivity index (χ0) is 22.1. The highest BCUT2D eigenvalue weighted by molar-refractivity contribution is 7.19. The molecule has 1 aliphatic carbocycles. The summed E-state index contributed by atoms with van der Waals surface area (Å²) in [4.78, 5) is 12.1. The summed E-state index contributed by atoms with van der Waals surface area (Å²) >= 11 is 1.56. The van der Waals surface area contributed by atoms with Gasteiger partial charge >= 0.3 is 5.97 Å². The van der Waals surface area contributed by atoms with E-state index in [2.05, 4.69) is 0 Å². The second kappa shape index (κ2) is 8.32. The molecule has 3 aromatic rings. The molecule has 1 aromatic heterocycles. The van der Waals surface area contributed by atoms with Gasteiger partial charge in [0.2, 0.25) is 0 Å². The molecule has 31 heavy (non-hydrogen) atoms. The van der Waals surface area contributed by atoms with Crippen LogP contribution in [0.5, 0.6) is 17.2 Å². The van der Waals surface area contributed by atoms with E-state index in [0.29, 0.717) is 12.2 Å². The number of carboxylic acid groups (broad SMARTS) is 1. The van der Waals surface area contributed by atoms with Crippen molar-refractivity contribution >= 4 is 33.5 Å². The smallest absolute Gasteiger partial charge is 0.331 e. The van der Waals surface area contributed by atoms with Crippen molar-refractivity contribution in [3.8, 4) is 17.2 Å². The molecule has 4 rings (SSSR count). The van der Waals surface area contributed by atoms with Crippen molar-refractivity contribution in [2.45, 2.75) is 26.2 Å². The van der Waals surface area contributed by atoms with Gasteiger partial charge in [-0.2, -0.15) is 0 Å². The molecular weight excluding hydrogens is 412 g/mol. The van der Waals surface area contributed by atoms with Gasteiger partial charge in [0.15, 0.2) is 0 Å². The zero-order valence-electron chi connectivity index (χ0n) is 17.1. The normalized spacial score (nSPS) is 16.4. The fourth-order valence-corrected chi connectivity index (χ4v) is 4.78. The van der Waals surface area contributed by atoms with Crippen molar-refractivity contribution in [1.82, 2.24) is 0 Å². The summed E-state index contributed by atoms with van der Waals surface area (Å²) in [5.41, 5.74) is 1.99. The predicted octanol–water partition coefficient (Wildman–Crippen LogP) is 6.68. The Bertz CT molecular complexity index is 1260. The van der Waals surface area contributed by atoms with Crippen LogP contribution in [0.25, 0.3) is 16.2 Å². The highest BCUT2D eigenvalue weighted by Crippen LogP contribution is 2.47. The summed E-state index contributed by atoms with van der Waals surface area (Å²) in [5, 5.41) is 29.6. The molecule has 0 aliphatic heterocycles. The lowest BCUT2D eigenvalue weighted by molar-refractivity contribution is -0.132. The molecule has 0 saturated carbocycles. The minimum atomic E-state index is -0.946. The van der Waals surface area contributed by atoms with Gasteiger partial charge < -0.3 is 20.1 Å². The third-order valence-corrected chi connectivity index (χ3v) is 6.51. The van der Waals surface area contributed by atoms with Crippen LogP contribution in [-0.4, -0.2) is 21.3 Å². The summed E-state index contributed by atoms with van der Waals surface area (Å²) in [5.74, 6) is 0.950. The third-order valence-electron chi connectivity index (χ3n) is 5.24. The number of phenols is 1. The Balaban J connectivity index is 1.73. The molecule has 158 valence electrons. The summed E-state index contributed by atoms with van der Waals surface area (Å²) in [7, 11) is 0. The minimum absolute atomic E-state index is 0.0620. The van der Waals surface area contributed by atoms with Gasteiger partial charge in [0.1, 0.15) is 23.0 Å². The van der Waals surface area contributed by atoms with Crippen LogP contribution in [0.2, 0.25) is 0 Å². The number of thiophene rings is 1. The van der Waals surface area contributed by atoms with Crippen LogP contribution in [-0.2, 0) is 4.79 Å². The number of carbonyl (C=O) groups is 1. The minimum Gasteiger partial charge on any atom is -0.508 e. The summed E-state index contributed by atoms with van der Waals surface area (Å²) < 4.78 is 7.27. The number of benzene rings is 2. The van der Waals surface area contributed by atoms with E-state index in [1.807, 2.05) is 37.3 Å². The number of fused-ring (bicyclic) bond motifs is 1. The Kier molecular flexibility index (Phi) is 5.57. The molecule has 1 aliphatic rings. The SMILES string of the molecule is C/C(=C\c1ccc(Oc2c(C3C=CC(O)=CC3)sc3cc(O)ccc23)cc1C)C(=O)O. The fourth-order valence-electron chi connectivity index (χ4n) is 3.52. The van der Waals surface area contributed by atoms with Crippen LogP contribution in [0, 0.1) is 6.92 Å². The van der Waals surface area contributed by atoms with Gasteiger partial charge in [0, 0.05) is 21.6 Å². The van der Waals surface area contributed by atoms with Crippen LogP contribution in [0.1, 0.15) is 35.3 Å². The maximum atomic E-state index is 11.1. The van der Waals surface area contributed by atoms with Gasteiger partial charge in [0.25, 0.3) is 0 Å². The van der Waals surface area contributed by atoms with Gasteiger partial charge in [-0.1, -0.05) is 12.1 Å². The average Bonchev–Trinajstić information content (AvgIpc) is 3.07. The molecule has 3 N–H and O–H groups in total. The first-order valence-electron chi connectivity index (χ1n) is 9.84. The van der Waals surface area contributed by atoms with E-state index in [4.69, 9.17) is 9.84 Å². The first kappa shape index (κ1) is 20.8. The number of phenolic OH excluding ortho intramolecular Hbond substituents is 1. The molecule has 0 bridgehead atoms. The summed E-state index contributed by atoms with van der Waals surface area (Å²) in [6.45, 7) is 3.48. The molecule has 2 aromatic carbocycles. The van der Waals surface area contributed by atoms with Crippen molar-refractivity contribution in [3.63, 3.8) is 0 Å². The Labute approximate surface area is 183 Å². The maximum Gasteiger partial charge on any atom is 0.331 e. The fraction of sp³-hybridized carbons (Fsp3) is 0.160. The number of ether oxygens (including phenoxy) is 1. The summed E-state index contributed by atoms with van der Waals surface area (Å²) in [6.07, 6.45) is 7.73. The second-order valence-electron chi connectivity index (χ2n) is 7.56. The molecule has 0 saturated heterocycles. The first-order chi connectivity index (χ1) is 14.8. The highest BCUT2D eigenvalue weighted by atomic mass is 32.1. The number of carboxylic acids is 1. The van der Waals surface area contributed by atoms with Gasteiger partial charge in [0.05, 0.1) is 4.88 Å². The lowest BCUT2D eigenvalue weighted by Crippen LogP contribution is -1.99. The Morgan fingerprint density at radius 1 is 1.19 bits per heavy atom. The summed E-state index contributed by atoms with van der Waals surface area (Å²) in [6, 6.07) is 10.8. The Hall–Kier alpha value is -3.51. The van der Waals surface area contributed by atoms with Gasteiger partial charge in [-0.05, 0) is 80.0 Å². The van der Waals surface area contributed by atoms with Crippen LogP contribution in [0.4, 0.5) is 0 Å². The van der Waals surface area contributed by atoms with E-state index in [1.165, 1.54) is 0 Å². The van der Waals surface area contributed by atoms with Crippen molar-refractivity contribution in [2.24, 2.45) is 0 Å². The van der Waals surface area contributed by atoms with E-state index in [1.54, 1.807) is 48.6 Å². The Morgan fingerprint density at radius 3 is 2.68 bits per heavy atom. The molecule has 1 heterocycles. The van der Waals surface area contributed by atoms with Crippen molar-refractivity contribution in [3.05, 3.63) is 82.0 Å². The predicted molar refractivity (Wildman–Crippen MR) is 123 cm³/mol. The van der Waals surface area contributed by atoms with E-state index >= 15 is 0 Å². The highest BCUT2D eigenvalue weighted by Gasteiger charge is 2.22. The Morgan fingerprint density at radius 2 is 2.00 bits per heavy atom. The van der Waals surface area contributed by atoms with Crippen LogP contribution in [0.15, 0.2) is 66.0 Å². The number of hydrogen-bond acceptors (Lipinski definition) is 5. The molecule has 6 heteroatoms. The van der Waals surface area contributed by atoms with Crippen molar-refractivity contribution in [1.29, 1.82) is 0 Å². The molecule has 0 fully saturated rings. The standard InChI is InChI=1S/C25H22O5S/c1-14-12-20(9-5-17(14)11-15(2)25(28)29)30-23-21-10-8-19(27)13-22(21)31-24(23)16-3-6-18(26)7-4-16/h3,5-13,16,26-27H,4H2,1-2H3,(H,28,29)/b15-11+. The quantitative estimate of drug-likeness (QED) is 0.390. The van der Waals surface area contributed by atoms with Crippen LogP contribution < -0.4 is 4.74 Å². The molecule has 1 atom stereocenters. The van der Waals surface area contributed by atoms with Gasteiger partial charge in [-0.3, -0.25) is 0 Å². The monoisotopic (exact) mass is 434 g/mol. The first-order valence-corrected chi connectivity index (χ1v) is 10.7. The van der Waals surface area contributed by atoms with E-state index in [9.17, 15) is 15.0 Å². The number of hydrogen-bond donors (Lipinski definition) is 3. The van der Waals surface area contributed by atoms with E-state index in [0.717, 1.165) is 31.8 Å². The number of aliphatic hydroxyl groups is 1. The number of aryl methyl sites for hydroxylation is 1. The number of aromatic hydroxyl groups is 1. The van der Waals surface area contributed by atoms with Crippen LogP contribution in [0.3, 0.4) is 0 Å². The number of rotatable bonds is 5. The third kappa shape index (κ3) is 4.34. The maximum absolute atomic E-state index is 11.1. The zero-order valence-corrected chi connectivity index (χ0v) is 17.9. The van der Waals surface area contributed by atoms with E-state index < -0.39 is 5.97 Å². The number of aliphatic hydroxyl groups excluding tert-OH is 1. The lowest BCUT2D eigenvalue weighted by Gasteiger charge is -2.16. The number of allylic oxidation sites excluding steroid dienone is 3. The topological polar surface area (TPSA) is 87.0 Å². The second-order valence-corrected chi connectivity index (χ2v) is 8.64.